The molecule has 0 bridgehead atoms. The highest BCUT2D eigenvalue weighted by molar-refractivity contribution is 5.57. The first-order valence-corrected chi connectivity index (χ1v) is 4.34. The van der Waals surface area contributed by atoms with E-state index in [1.165, 1.54) is 19.3 Å². The molecule has 1 saturated heterocycles. The zero-order chi connectivity index (χ0) is 7.52. The average molecular weight is 154 g/mol. The van der Waals surface area contributed by atoms with Crippen LogP contribution in [0.1, 0.15) is 19.3 Å². The lowest BCUT2D eigenvalue weighted by molar-refractivity contribution is -0.0503. The molecule has 11 heavy (non-hydrogen) atoms. The molecule has 2 aliphatic heterocycles. The van der Waals surface area contributed by atoms with Gasteiger partial charge in [-0.2, -0.15) is 0 Å². The summed E-state index contributed by atoms with van der Waals surface area (Å²) in [5.74, 6) is 0. The van der Waals surface area contributed by atoms with Gasteiger partial charge in [-0.15, -0.1) is 0 Å². The minimum atomic E-state index is 0.329. The van der Waals surface area contributed by atoms with Crippen molar-refractivity contribution in [2.45, 2.75) is 25.5 Å². The Morgan fingerprint density at radius 1 is 1.45 bits per heavy atom. The van der Waals surface area contributed by atoms with Gasteiger partial charge in [-0.3, -0.25) is 4.99 Å². The summed E-state index contributed by atoms with van der Waals surface area (Å²) in [4.78, 5) is 6.37. The standard InChI is InChI=1S/C8H14N2O/c1-2-6-11-8(3-1)10-5-4-9-7-10/h7-8H,1-6H2. The Kier molecular flexibility index (Phi) is 2.08. The van der Waals surface area contributed by atoms with Gasteiger partial charge in [0.25, 0.3) is 0 Å². The van der Waals surface area contributed by atoms with E-state index < -0.39 is 0 Å². The van der Waals surface area contributed by atoms with Crippen LogP contribution in [0.15, 0.2) is 4.99 Å². The minimum absolute atomic E-state index is 0.329. The summed E-state index contributed by atoms with van der Waals surface area (Å²) in [6.45, 7) is 2.92. The van der Waals surface area contributed by atoms with Crippen LogP contribution in [-0.2, 0) is 4.74 Å². The molecule has 2 heterocycles. The molecule has 1 fully saturated rings. The Bertz CT molecular complexity index is 152. The van der Waals surface area contributed by atoms with Crippen LogP contribution in [0, 0.1) is 0 Å². The van der Waals surface area contributed by atoms with Crippen LogP contribution in [0.25, 0.3) is 0 Å². The summed E-state index contributed by atoms with van der Waals surface area (Å²) >= 11 is 0. The van der Waals surface area contributed by atoms with Crippen molar-refractivity contribution in [3.63, 3.8) is 0 Å². The maximum atomic E-state index is 5.60. The second kappa shape index (κ2) is 3.22. The summed E-state index contributed by atoms with van der Waals surface area (Å²) in [6, 6.07) is 0. The van der Waals surface area contributed by atoms with Crippen LogP contribution >= 0.6 is 0 Å². The second-order valence-electron chi connectivity index (χ2n) is 3.08. The zero-order valence-corrected chi connectivity index (χ0v) is 6.70. The van der Waals surface area contributed by atoms with Crippen LogP contribution in [0.2, 0.25) is 0 Å². The van der Waals surface area contributed by atoms with E-state index in [2.05, 4.69) is 9.89 Å². The van der Waals surface area contributed by atoms with Crippen molar-refractivity contribution in [2.75, 3.05) is 19.7 Å². The van der Waals surface area contributed by atoms with Gasteiger partial charge in [0.05, 0.1) is 12.9 Å². The highest BCUT2D eigenvalue weighted by atomic mass is 16.5. The average Bonchev–Trinajstić information content (AvgIpc) is 2.58. The fourth-order valence-corrected chi connectivity index (χ4v) is 1.60. The first-order valence-electron chi connectivity index (χ1n) is 4.34. The molecule has 0 saturated carbocycles. The van der Waals surface area contributed by atoms with Crippen LogP contribution in [0.4, 0.5) is 0 Å². The van der Waals surface area contributed by atoms with Gasteiger partial charge in [0.2, 0.25) is 0 Å². The topological polar surface area (TPSA) is 24.8 Å². The fourth-order valence-electron chi connectivity index (χ4n) is 1.60. The molecule has 62 valence electrons. The van der Waals surface area contributed by atoms with Crippen LogP contribution < -0.4 is 0 Å². The molecule has 0 radical (unpaired) electrons. The number of aliphatic imine (C=N–C) groups is 1. The Hall–Kier alpha value is -0.570. The van der Waals surface area contributed by atoms with E-state index in [-0.39, 0.29) is 0 Å². The molecule has 3 heteroatoms. The SMILES string of the molecule is C1=NCCN1C1CCCCO1. The number of nitrogens with zero attached hydrogens (tertiary/aromatic N) is 2. The molecule has 1 unspecified atom stereocenters. The molecule has 0 amide bonds. The van der Waals surface area contributed by atoms with Crippen molar-refractivity contribution < 1.29 is 4.74 Å². The molecule has 2 rings (SSSR count). The summed E-state index contributed by atoms with van der Waals surface area (Å²) in [7, 11) is 0. The second-order valence-corrected chi connectivity index (χ2v) is 3.08. The van der Waals surface area contributed by atoms with Gasteiger partial charge >= 0.3 is 0 Å². The van der Waals surface area contributed by atoms with E-state index in [0.717, 1.165) is 19.7 Å². The van der Waals surface area contributed by atoms with Crippen LogP contribution in [-0.4, -0.2) is 37.2 Å². The maximum absolute atomic E-state index is 5.60. The number of ether oxygens (including phenoxy) is 1. The third-order valence-electron chi connectivity index (χ3n) is 2.24. The number of hydrogen-bond donors (Lipinski definition) is 0. The van der Waals surface area contributed by atoms with Crippen LogP contribution in [0.5, 0.6) is 0 Å². The molecule has 0 aromatic carbocycles. The molecule has 2 aliphatic rings. The summed E-state index contributed by atoms with van der Waals surface area (Å²) in [5.41, 5.74) is 0. The summed E-state index contributed by atoms with van der Waals surface area (Å²) in [5, 5.41) is 0. The van der Waals surface area contributed by atoms with Gasteiger partial charge in [0.15, 0.2) is 0 Å². The van der Waals surface area contributed by atoms with Gasteiger partial charge in [-0.25, -0.2) is 0 Å². The lowest BCUT2D eigenvalue weighted by atomic mass is 10.2. The highest BCUT2D eigenvalue weighted by Gasteiger charge is 2.20. The van der Waals surface area contributed by atoms with Crippen molar-refractivity contribution in [2.24, 2.45) is 4.99 Å². The molecule has 0 aromatic rings. The Labute approximate surface area is 67.1 Å². The molecule has 0 spiro atoms. The number of hydrogen-bond acceptors (Lipinski definition) is 3. The predicted molar refractivity (Wildman–Crippen MR) is 43.7 cm³/mol. The van der Waals surface area contributed by atoms with Gasteiger partial charge in [0.1, 0.15) is 6.23 Å². The molecule has 0 aliphatic carbocycles. The van der Waals surface area contributed by atoms with Crippen molar-refractivity contribution in [1.82, 2.24) is 4.90 Å². The quantitative estimate of drug-likeness (QED) is 0.559. The molecular formula is C8H14N2O. The van der Waals surface area contributed by atoms with Crippen molar-refractivity contribution >= 4 is 6.34 Å². The lowest BCUT2D eigenvalue weighted by Gasteiger charge is -2.29. The Morgan fingerprint density at radius 2 is 2.45 bits per heavy atom. The van der Waals surface area contributed by atoms with E-state index in [4.69, 9.17) is 4.74 Å². The van der Waals surface area contributed by atoms with E-state index >= 15 is 0 Å². The van der Waals surface area contributed by atoms with Gasteiger partial charge in [-0.05, 0) is 19.3 Å². The van der Waals surface area contributed by atoms with Gasteiger partial charge in [-0.1, -0.05) is 0 Å². The number of rotatable bonds is 1. The van der Waals surface area contributed by atoms with Crippen LogP contribution in [0.3, 0.4) is 0 Å². The monoisotopic (exact) mass is 154 g/mol. The minimum Gasteiger partial charge on any atom is -0.358 e. The molecule has 0 N–H and O–H groups in total. The lowest BCUT2D eigenvalue weighted by Crippen LogP contribution is -2.37. The molecule has 0 aromatic heterocycles. The zero-order valence-electron chi connectivity index (χ0n) is 6.70. The molecular weight excluding hydrogens is 140 g/mol. The van der Waals surface area contributed by atoms with Crippen molar-refractivity contribution in [3.05, 3.63) is 0 Å². The molecule has 1 atom stereocenters. The third-order valence-corrected chi connectivity index (χ3v) is 2.24. The largest absolute Gasteiger partial charge is 0.358 e. The maximum Gasteiger partial charge on any atom is 0.130 e. The van der Waals surface area contributed by atoms with Gasteiger partial charge < -0.3 is 9.64 Å². The first kappa shape index (κ1) is 7.10. The van der Waals surface area contributed by atoms with E-state index in [9.17, 15) is 0 Å². The summed E-state index contributed by atoms with van der Waals surface area (Å²) in [6.07, 6.45) is 5.95. The van der Waals surface area contributed by atoms with E-state index in [1.807, 2.05) is 6.34 Å². The highest BCUT2D eigenvalue weighted by Crippen LogP contribution is 2.16. The van der Waals surface area contributed by atoms with E-state index in [0.29, 0.717) is 6.23 Å². The molecule has 3 nitrogen and oxygen atoms in total. The van der Waals surface area contributed by atoms with E-state index in [1.54, 1.807) is 0 Å². The fraction of sp³-hybridized carbons (Fsp3) is 0.875. The first-order chi connectivity index (χ1) is 5.47. The third kappa shape index (κ3) is 1.53. The summed E-state index contributed by atoms with van der Waals surface area (Å²) < 4.78 is 5.60. The van der Waals surface area contributed by atoms with Crippen molar-refractivity contribution in [1.29, 1.82) is 0 Å². The van der Waals surface area contributed by atoms with Crippen molar-refractivity contribution in [3.8, 4) is 0 Å². The Balaban J connectivity index is 1.87. The van der Waals surface area contributed by atoms with Gasteiger partial charge in [0, 0.05) is 13.2 Å². The Morgan fingerprint density at radius 3 is 3.09 bits per heavy atom. The normalized spacial score (nSPS) is 31.3. The smallest absolute Gasteiger partial charge is 0.130 e. The predicted octanol–water partition coefficient (Wildman–Crippen LogP) is 0.857.